The maximum atomic E-state index is 13.1. The van der Waals surface area contributed by atoms with Crippen LogP contribution in [0.2, 0.25) is 0 Å². The molecule has 0 unspecified atom stereocenters. The monoisotopic (exact) mass is 510 g/mol. The number of carbonyl (C=O) groups is 1. The van der Waals surface area contributed by atoms with Gasteiger partial charge in [0.25, 0.3) is 5.91 Å². The molecule has 38 heavy (non-hydrogen) atoms. The molecule has 8 nitrogen and oxygen atoms in total. The van der Waals surface area contributed by atoms with Crippen molar-refractivity contribution in [1.29, 1.82) is 0 Å². The smallest absolute Gasteiger partial charge is 0.255 e. The average Bonchev–Trinajstić information content (AvgIpc) is 3.52. The first kappa shape index (κ1) is 24.2. The molecule has 4 aromatic rings. The number of hydrogen-bond donors (Lipinski definition) is 3. The number of aromatic nitrogens is 2. The number of phenols is 1. The number of hydrogen-bond acceptors (Lipinski definition) is 6. The maximum Gasteiger partial charge on any atom is 0.255 e. The first-order chi connectivity index (χ1) is 18.6. The highest BCUT2D eigenvalue weighted by Gasteiger charge is 2.28. The number of methoxy groups -OCH3 is 1. The lowest BCUT2D eigenvalue weighted by molar-refractivity contribution is 0.0383. The molecule has 0 saturated carbocycles. The highest BCUT2D eigenvalue weighted by atomic mass is 16.5. The van der Waals surface area contributed by atoms with Gasteiger partial charge in [0, 0.05) is 49.3 Å². The Labute approximate surface area is 221 Å². The van der Waals surface area contributed by atoms with Crippen molar-refractivity contribution in [3.8, 4) is 45.1 Å². The molecule has 1 aromatic heterocycles. The molecule has 8 heteroatoms. The Morgan fingerprint density at radius 3 is 2.45 bits per heavy atom. The van der Waals surface area contributed by atoms with Gasteiger partial charge in [-0.3, -0.25) is 14.8 Å². The number of aromatic amines is 1. The van der Waals surface area contributed by atoms with E-state index < -0.39 is 0 Å². The number of nitrogens with one attached hydrogen (secondary N) is 2. The minimum Gasteiger partial charge on any atom is -0.508 e. The molecule has 1 fully saturated rings. The van der Waals surface area contributed by atoms with Crippen LogP contribution in [0.1, 0.15) is 21.5 Å². The Morgan fingerprint density at radius 2 is 1.74 bits per heavy atom. The van der Waals surface area contributed by atoms with Crippen molar-refractivity contribution < 1.29 is 19.4 Å². The quantitative estimate of drug-likeness (QED) is 0.305. The number of nitrogens with zero attached hydrogens (tertiary/aromatic N) is 2. The minimum absolute atomic E-state index is 0.143. The van der Waals surface area contributed by atoms with Gasteiger partial charge in [0.15, 0.2) is 0 Å². The topological polar surface area (TPSA) is 99.7 Å². The van der Waals surface area contributed by atoms with Gasteiger partial charge in [-0.1, -0.05) is 36.4 Å². The summed E-state index contributed by atoms with van der Waals surface area (Å²) in [5.41, 5.74) is 8.71. The Balaban J connectivity index is 1.21. The molecular formula is C30H30N4O4. The van der Waals surface area contributed by atoms with Crippen molar-refractivity contribution in [2.45, 2.75) is 6.42 Å². The number of amides is 1. The number of ether oxygens (including phenoxy) is 2. The Morgan fingerprint density at radius 1 is 1.05 bits per heavy atom. The van der Waals surface area contributed by atoms with E-state index in [9.17, 15) is 9.90 Å². The fourth-order valence-electron chi connectivity index (χ4n) is 5.26. The zero-order valence-corrected chi connectivity index (χ0v) is 21.3. The summed E-state index contributed by atoms with van der Waals surface area (Å²) in [4.78, 5) is 15.4. The lowest BCUT2D eigenvalue weighted by Crippen LogP contribution is -2.41. The van der Waals surface area contributed by atoms with E-state index >= 15 is 0 Å². The predicted molar refractivity (Wildman–Crippen MR) is 146 cm³/mol. The van der Waals surface area contributed by atoms with Crippen molar-refractivity contribution >= 4 is 5.91 Å². The van der Waals surface area contributed by atoms with Crippen molar-refractivity contribution in [3.05, 3.63) is 77.4 Å². The van der Waals surface area contributed by atoms with E-state index in [0.29, 0.717) is 24.3 Å². The van der Waals surface area contributed by atoms with Crippen LogP contribution in [-0.4, -0.2) is 72.6 Å². The molecule has 6 rings (SSSR count). The number of H-pyrrole nitrogens is 1. The van der Waals surface area contributed by atoms with Gasteiger partial charge in [-0.2, -0.15) is 5.10 Å². The summed E-state index contributed by atoms with van der Waals surface area (Å²) in [6.07, 6.45) is 0.714. The van der Waals surface area contributed by atoms with Gasteiger partial charge in [-0.25, -0.2) is 0 Å². The molecule has 2 heterocycles. The van der Waals surface area contributed by atoms with E-state index in [1.54, 1.807) is 19.2 Å². The zero-order chi connectivity index (χ0) is 26.1. The van der Waals surface area contributed by atoms with E-state index in [1.165, 1.54) is 0 Å². The third kappa shape index (κ3) is 4.64. The highest BCUT2D eigenvalue weighted by molar-refractivity contribution is 5.99. The molecule has 0 spiro atoms. The van der Waals surface area contributed by atoms with Gasteiger partial charge in [0.1, 0.15) is 11.5 Å². The largest absolute Gasteiger partial charge is 0.508 e. The molecule has 0 radical (unpaired) electrons. The van der Waals surface area contributed by atoms with Gasteiger partial charge in [-0.05, 0) is 41.0 Å². The Kier molecular flexibility index (Phi) is 6.57. The highest BCUT2D eigenvalue weighted by Crippen LogP contribution is 2.42. The van der Waals surface area contributed by atoms with Gasteiger partial charge in [0.2, 0.25) is 0 Å². The second-order valence-corrected chi connectivity index (χ2v) is 9.65. The molecule has 3 N–H and O–H groups in total. The van der Waals surface area contributed by atoms with Crippen molar-refractivity contribution in [3.63, 3.8) is 0 Å². The summed E-state index contributed by atoms with van der Waals surface area (Å²) in [5, 5.41) is 20.5. The van der Waals surface area contributed by atoms with Crippen molar-refractivity contribution in [2.75, 3.05) is 46.5 Å². The molecule has 0 bridgehead atoms. The first-order valence-corrected chi connectivity index (χ1v) is 12.9. The maximum absolute atomic E-state index is 13.1. The third-order valence-corrected chi connectivity index (χ3v) is 7.35. The fourth-order valence-corrected chi connectivity index (χ4v) is 5.26. The second kappa shape index (κ2) is 10.3. The van der Waals surface area contributed by atoms with Crippen LogP contribution >= 0.6 is 0 Å². The second-order valence-electron chi connectivity index (χ2n) is 9.65. The molecule has 1 saturated heterocycles. The third-order valence-electron chi connectivity index (χ3n) is 7.35. The Bertz CT molecular complexity index is 1460. The van der Waals surface area contributed by atoms with Crippen LogP contribution < -0.4 is 10.1 Å². The molecular weight excluding hydrogens is 480 g/mol. The summed E-state index contributed by atoms with van der Waals surface area (Å²) in [5.74, 6) is 0.684. The lowest BCUT2D eigenvalue weighted by Gasteiger charge is -2.26. The van der Waals surface area contributed by atoms with Gasteiger partial charge in [-0.15, -0.1) is 0 Å². The lowest BCUT2D eigenvalue weighted by atomic mass is 10.0. The number of phenolic OH excluding ortho intramolecular Hbond substituents is 1. The van der Waals surface area contributed by atoms with E-state index in [1.807, 2.05) is 24.3 Å². The standard InChI is InChI=1S/C30H30N4O4/c1-37-27-17-22-16-26-28(21-4-2-19(3-5-21)20-6-8-23(35)9-7-20)32-33-29(26)24(22)18-25(27)30(36)31-10-11-34-12-14-38-15-13-34/h2-9,17-18,35H,10-16H2,1H3,(H,31,36)(H,32,33). The van der Waals surface area contributed by atoms with E-state index in [-0.39, 0.29) is 11.7 Å². The molecule has 1 amide bonds. The van der Waals surface area contributed by atoms with E-state index in [2.05, 4.69) is 44.7 Å². The molecule has 0 atom stereocenters. The predicted octanol–water partition coefficient (Wildman–Crippen LogP) is 4.09. The van der Waals surface area contributed by atoms with Crippen LogP contribution in [-0.2, 0) is 11.2 Å². The van der Waals surface area contributed by atoms with Crippen LogP contribution in [0.15, 0.2) is 60.7 Å². The summed E-state index contributed by atoms with van der Waals surface area (Å²) in [6, 6.07) is 19.3. The number of benzene rings is 3. The number of morpholine rings is 1. The number of carbonyl (C=O) groups excluding carboxylic acids is 1. The number of fused-ring (bicyclic) bond motifs is 3. The van der Waals surface area contributed by atoms with Crippen LogP contribution in [0, 0.1) is 0 Å². The molecule has 1 aliphatic carbocycles. The minimum atomic E-state index is -0.143. The van der Waals surface area contributed by atoms with Crippen LogP contribution in [0.3, 0.4) is 0 Å². The number of rotatable bonds is 7. The average molecular weight is 511 g/mol. The van der Waals surface area contributed by atoms with Crippen molar-refractivity contribution in [2.24, 2.45) is 0 Å². The summed E-state index contributed by atoms with van der Waals surface area (Å²) in [7, 11) is 1.60. The molecule has 3 aromatic carbocycles. The SMILES string of the molecule is COc1cc2c(cc1C(=O)NCCN1CCOCC1)-c1[nH]nc(-c3ccc(-c4ccc(O)cc4)cc3)c1C2. The summed E-state index contributed by atoms with van der Waals surface area (Å²) < 4.78 is 11.0. The van der Waals surface area contributed by atoms with E-state index in [4.69, 9.17) is 9.47 Å². The van der Waals surface area contributed by atoms with Crippen LogP contribution in [0.25, 0.3) is 33.6 Å². The van der Waals surface area contributed by atoms with Crippen LogP contribution in [0.4, 0.5) is 0 Å². The Hall–Kier alpha value is -4.14. The van der Waals surface area contributed by atoms with E-state index in [0.717, 1.165) is 77.6 Å². The van der Waals surface area contributed by atoms with Gasteiger partial charge >= 0.3 is 0 Å². The molecule has 1 aliphatic heterocycles. The fraction of sp³-hybridized carbons (Fsp3) is 0.267. The normalized spacial score (nSPS) is 14.7. The zero-order valence-electron chi connectivity index (χ0n) is 21.3. The number of aromatic hydroxyl groups is 1. The molecule has 194 valence electrons. The summed E-state index contributed by atoms with van der Waals surface area (Å²) in [6.45, 7) is 4.62. The van der Waals surface area contributed by atoms with Gasteiger partial charge in [0.05, 0.1) is 37.3 Å². The van der Waals surface area contributed by atoms with Crippen LogP contribution in [0.5, 0.6) is 11.5 Å². The van der Waals surface area contributed by atoms with Crippen molar-refractivity contribution in [1.82, 2.24) is 20.4 Å². The molecule has 2 aliphatic rings. The summed E-state index contributed by atoms with van der Waals surface area (Å²) >= 11 is 0. The first-order valence-electron chi connectivity index (χ1n) is 12.9. The van der Waals surface area contributed by atoms with Gasteiger partial charge < -0.3 is 19.9 Å².